The van der Waals surface area contributed by atoms with Gasteiger partial charge in [-0.05, 0) is 31.7 Å². The molecule has 144 valence electrons. The van der Waals surface area contributed by atoms with Crippen LogP contribution in [0.4, 0.5) is 0 Å². The first-order valence-electron chi connectivity index (χ1n) is 9.46. The number of ether oxygens (including phenoxy) is 2. The summed E-state index contributed by atoms with van der Waals surface area (Å²) in [5.74, 6) is 0.448. The van der Waals surface area contributed by atoms with Gasteiger partial charge in [-0.3, -0.25) is 14.5 Å². The van der Waals surface area contributed by atoms with E-state index in [-0.39, 0.29) is 11.9 Å². The molecule has 0 radical (unpaired) electrons. The largest absolute Gasteiger partial charge is 0.381 e. The molecule has 0 N–H and O–H groups in total. The highest BCUT2D eigenvalue weighted by molar-refractivity contribution is 5.92. The van der Waals surface area contributed by atoms with Crippen molar-refractivity contribution in [3.05, 3.63) is 41.7 Å². The first-order chi connectivity index (χ1) is 13.2. The van der Waals surface area contributed by atoms with E-state index in [4.69, 9.17) is 9.47 Å². The zero-order chi connectivity index (χ0) is 18.6. The maximum Gasteiger partial charge on any atom is 0.274 e. The topological polar surface area (TPSA) is 82.4 Å². The number of nitrogens with zero attached hydrogens (tertiary/aromatic N) is 5. The van der Waals surface area contributed by atoms with Crippen LogP contribution in [0.25, 0.3) is 0 Å². The fourth-order valence-electron chi connectivity index (χ4n) is 3.61. The van der Waals surface area contributed by atoms with Gasteiger partial charge in [-0.1, -0.05) is 0 Å². The number of aromatic nitrogens is 4. The molecule has 27 heavy (non-hydrogen) atoms. The lowest BCUT2D eigenvalue weighted by Gasteiger charge is -2.34. The van der Waals surface area contributed by atoms with E-state index in [1.165, 1.54) is 0 Å². The Bertz CT molecular complexity index is 770. The number of hydrogen-bond donors (Lipinski definition) is 0. The Balaban J connectivity index is 1.41. The van der Waals surface area contributed by atoms with Gasteiger partial charge in [0, 0.05) is 38.8 Å². The van der Waals surface area contributed by atoms with Crippen molar-refractivity contribution in [1.29, 1.82) is 0 Å². The van der Waals surface area contributed by atoms with Crippen LogP contribution in [0.1, 0.15) is 40.8 Å². The van der Waals surface area contributed by atoms with Crippen LogP contribution in [-0.2, 0) is 16.0 Å². The van der Waals surface area contributed by atoms with Crippen LogP contribution >= 0.6 is 0 Å². The van der Waals surface area contributed by atoms with Crippen molar-refractivity contribution in [3.8, 4) is 0 Å². The summed E-state index contributed by atoms with van der Waals surface area (Å²) in [5, 5.41) is 4.43. The maximum absolute atomic E-state index is 12.8. The van der Waals surface area contributed by atoms with Gasteiger partial charge in [-0.15, -0.1) is 0 Å². The molecule has 1 fully saturated rings. The predicted octanol–water partition coefficient (Wildman–Crippen LogP) is 1.62. The normalized spacial score (nSPS) is 20.5. The lowest BCUT2D eigenvalue weighted by molar-refractivity contribution is 0.00427. The molecule has 8 heteroatoms. The quantitative estimate of drug-likeness (QED) is 0.794. The molecule has 0 saturated carbocycles. The third kappa shape index (κ3) is 4.17. The van der Waals surface area contributed by atoms with E-state index in [1.54, 1.807) is 23.5 Å². The van der Waals surface area contributed by atoms with Crippen molar-refractivity contribution in [2.75, 3.05) is 33.0 Å². The molecule has 8 nitrogen and oxygen atoms in total. The second-order valence-electron chi connectivity index (χ2n) is 7.24. The molecule has 1 unspecified atom stereocenters. The van der Waals surface area contributed by atoms with Crippen molar-refractivity contribution in [1.82, 2.24) is 24.6 Å². The van der Waals surface area contributed by atoms with E-state index in [2.05, 4.69) is 15.1 Å². The zero-order valence-corrected chi connectivity index (χ0v) is 15.6. The fraction of sp³-hybridized carbons (Fsp3) is 0.579. The van der Waals surface area contributed by atoms with Gasteiger partial charge in [0.2, 0.25) is 0 Å². The molecule has 2 aromatic rings. The molecule has 2 aromatic heterocycles. The molecule has 2 aliphatic heterocycles. The third-order valence-electron chi connectivity index (χ3n) is 5.17. The Hall–Kier alpha value is -2.32. The summed E-state index contributed by atoms with van der Waals surface area (Å²) in [6.07, 6.45) is 7.04. The Morgan fingerprint density at radius 2 is 2.11 bits per heavy atom. The SMILES string of the molecule is Cc1cnc(C(=O)N2Cc3ccnn3C(COCC3CCOCC3)C2)cn1. The summed E-state index contributed by atoms with van der Waals surface area (Å²) >= 11 is 0. The summed E-state index contributed by atoms with van der Waals surface area (Å²) in [7, 11) is 0. The summed E-state index contributed by atoms with van der Waals surface area (Å²) in [6.45, 7) is 5.83. The number of carbonyl (C=O) groups excluding carboxylic acids is 1. The number of carbonyl (C=O) groups is 1. The minimum absolute atomic E-state index is 0.00551. The Kier molecular flexibility index (Phi) is 5.45. The summed E-state index contributed by atoms with van der Waals surface area (Å²) < 4.78 is 13.4. The highest BCUT2D eigenvalue weighted by Gasteiger charge is 2.30. The van der Waals surface area contributed by atoms with Crippen molar-refractivity contribution in [2.24, 2.45) is 5.92 Å². The van der Waals surface area contributed by atoms with Gasteiger partial charge in [0.1, 0.15) is 5.69 Å². The number of fused-ring (bicyclic) bond motifs is 1. The fourth-order valence-corrected chi connectivity index (χ4v) is 3.61. The number of amides is 1. The summed E-state index contributed by atoms with van der Waals surface area (Å²) in [4.78, 5) is 23.1. The lowest BCUT2D eigenvalue weighted by Crippen LogP contribution is -2.43. The molecule has 0 bridgehead atoms. The van der Waals surface area contributed by atoms with Crippen LogP contribution in [0, 0.1) is 12.8 Å². The Morgan fingerprint density at radius 1 is 1.26 bits per heavy atom. The molecule has 0 aromatic carbocycles. The smallest absolute Gasteiger partial charge is 0.274 e. The predicted molar refractivity (Wildman–Crippen MR) is 97.1 cm³/mol. The van der Waals surface area contributed by atoms with Gasteiger partial charge in [-0.25, -0.2) is 4.98 Å². The standard InChI is InChI=1S/C19H25N5O3/c1-14-8-21-18(9-20-14)19(25)23-10-16-2-5-22-24(16)17(11-23)13-27-12-15-3-6-26-7-4-15/h2,5,8-9,15,17H,3-4,6-7,10-13H2,1H3. The highest BCUT2D eigenvalue weighted by atomic mass is 16.5. The molecule has 1 saturated heterocycles. The maximum atomic E-state index is 12.8. The van der Waals surface area contributed by atoms with Gasteiger partial charge in [-0.2, -0.15) is 5.10 Å². The molecule has 0 spiro atoms. The van der Waals surface area contributed by atoms with Gasteiger partial charge in [0.05, 0.1) is 36.8 Å². The van der Waals surface area contributed by atoms with E-state index in [0.29, 0.717) is 31.3 Å². The first-order valence-corrected chi connectivity index (χ1v) is 9.46. The van der Waals surface area contributed by atoms with Crippen LogP contribution in [0.3, 0.4) is 0 Å². The van der Waals surface area contributed by atoms with Crippen molar-refractivity contribution in [3.63, 3.8) is 0 Å². The molecule has 2 aliphatic rings. The minimum Gasteiger partial charge on any atom is -0.381 e. The molecule has 0 aliphatic carbocycles. The second kappa shape index (κ2) is 8.14. The van der Waals surface area contributed by atoms with Crippen LogP contribution in [-0.4, -0.2) is 63.5 Å². The van der Waals surface area contributed by atoms with E-state index in [9.17, 15) is 4.79 Å². The van der Waals surface area contributed by atoms with Crippen LogP contribution in [0.2, 0.25) is 0 Å². The monoisotopic (exact) mass is 371 g/mol. The average Bonchev–Trinajstić information content (AvgIpc) is 3.18. The Morgan fingerprint density at radius 3 is 2.89 bits per heavy atom. The molecule has 1 atom stereocenters. The van der Waals surface area contributed by atoms with Gasteiger partial charge < -0.3 is 14.4 Å². The highest BCUT2D eigenvalue weighted by Crippen LogP contribution is 2.23. The second-order valence-corrected chi connectivity index (χ2v) is 7.24. The molecule has 1 amide bonds. The first kappa shape index (κ1) is 18.1. The van der Waals surface area contributed by atoms with Crippen molar-refractivity contribution in [2.45, 2.75) is 32.4 Å². The van der Waals surface area contributed by atoms with Gasteiger partial charge >= 0.3 is 0 Å². The lowest BCUT2D eigenvalue weighted by atomic mass is 10.0. The third-order valence-corrected chi connectivity index (χ3v) is 5.17. The van der Waals surface area contributed by atoms with Gasteiger partial charge in [0.15, 0.2) is 0 Å². The van der Waals surface area contributed by atoms with Crippen LogP contribution in [0.5, 0.6) is 0 Å². The molecule has 4 heterocycles. The van der Waals surface area contributed by atoms with E-state index in [1.807, 2.05) is 17.7 Å². The minimum atomic E-state index is -0.107. The van der Waals surface area contributed by atoms with E-state index < -0.39 is 0 Å². The molecule has 4 rings (SSSR count). The summed E-state index contributed by atoms with van der Waals surface area (Å²) in [6, 6.07) is 1.96. The summed E-state index contributed by atoms with van der Waals surface area (Å²) in [5.41, 5.74) is 2.17. The Labute approximate surface area is 158 Å². The number of hydrogen-bond acceptors (Lipinski definition) is 6. The van der Waals surface area contributed by atoms with Gasteiger partial charge in [0.25, 0.3) is 5.91 Å². The van der Waals surface area contributed by atoms with E-state index in [0.717, 1.165) is 44.1 Å². The van der Waals surface area contributed by atoms with Crippen LogP contribution in [0.15, 0.2) is 24.7 Å². The zero-order valence-electron chi connectivity index (χ0n) is 15.6. The molecular formula is C19H25N5O3. The number of aryl methyl sites for hydroxylation is 1. The number of rotatable bonds is 5. The van der Waals surface area contributed by atoms with Crippen molar-refractivity contribution < 1.29 is 14.3 Å². The van der Waals surface area contributed by atoms with E-state index >= 15 is 0 Å². The average molecular weight is 371 g/mol. The van der Waals surface area contributed by atoms with Crippen LogP contribution < -0.4 is 0 Å². The van der Waals surface area contributed by atoms with Crippen molar-refractivity contribution >= 4 is 5.91 Å². The molecular weight excluding hydrogens is 346 g/mol.